The standard InChI is InChI=1S/C12H23N3O3S/c13-19(17,18)9-11-7-4-8-15(11)12(16)14-10-5-2-1-3-6-10/h10-11H,1-9H2,(H,14,16)(H2,13,17,18). The number of carbonyl (C=O) groups is 1. The maximum Gasteiger partial charge on any atom is 0.317 e. The van der Waals surface area contributed by atoms with Crippen LogP contribution in [0.5, 0.6) is 0 Å². The van der Waals surface area contributed by atoms with Crippen molar-refractivity contribution in [3.05, 3.63) is 0 Å². The van der Waals surface area contributed by atoms with Gasteiger partial charge in [0.2, 0.25) is 10.0 Å². The van der Waals surface area contributed by atoms with E-state index in [1.807, 2.05) is 0 Å². The van der Waals surface area contributed by atoms with Crippen LogP contribution < -0.4 is 10.5 Å². The molecule has 0 spiro atoms. The van der Waals surface area contributed by atoms with E-state index in [0.29, 0.717) is 13.0 Å². The van der Waals surface area contributed by atoms with Gasteiger partial charge in [0.05, 0.1) is 5.75 Å². The van der Waals surface area contributed by atoms with Gasteiger partial charge < -0.3 is 10.2 Å². The number of urea groups is 1. The number of amides is 2. The normalized spacial score (nSPS) is 25.5. The van der Waals surface area contributed by atoms with E-state index in [1.165, 1.54) is 6.42 Å². The van der Waals surface area contributed by atoms with Gasteiger partial charge in [-0.15, -0.1) is 0 Å². The molecule has 2 fully saturated rings. The Bertz CT molecular complexity index is 418. The van der Waals surface area contributed by atoms with E-state index in [0.717, 1.165) is 32.1 Å². The van der Waals surface area contributed by atoms with Gasteiger partial charge in [-0.2, -0.15) is 0 Å². The summed E-state index contributed by atoms with van der Waals surface area (Å²) in [6.07, 6.45) is 7.17. The van der Waals surface area contributed by atoms with Crippen molar-refractivity contribution in [1.82, 2.24) is 10.2 Å². The van der Waals surface area contributed by atoms with Crippen LogP contribution in [0.25, 0.3) is 0 Å². The molecule has 1 heterocycles. The Labute approximate surface area is 114 Å². The Morgan fingerprint density at radius 3 is 2.47 bits per heavy atom. The smallest absolute Gasteiger partial charge is 0.317 e. The summed E-state index contributed by atoms with van der Waals surface area (Å²) in [5, 5.41) is 8.10. The van der Waals surface area contributed by atoms with E-state index in [2.05, 4.69) is 5.32 Å². The van der Waals surface area contributed by atoms with Gasteiger partial charge in [0, 0.05) is 18.6 Å². The topological polar surface area (TPSA) is 92.5 Å². The maximum atomic E-state index is 12.2. The highest BCUT2D eigenvalue weighted by Gasteiger charge is 2.32. The lowest BCUT2D eigenvalue weighted by molar-refractivity contribution is 0.188. The van der Waals surface area contributed by atoms with Gasteiger partial charge >= 0.3 is 6.03 Å². The molecule has 3 N–H and O–H groups in total. The van der Waals surface area contributed by atoms with Crippen LogP contribution in [0.15, 0.2) is 0 Å². The molecule has 110 valence electrons. The highest BCUT2D eigenvalue weighted by atomic mass is 32.2. The van der Waals surface area contributed by atoms with Gasteiger partial charge in [-0.25, -0.2) is 18.4 Å². The quantitative estimate of drug-likeness (QED) is 0.804. The molecular formula is C12H23N3O3S. The lowest BCUT2D eigenvalue weighted by Crippen LogP contribution is -2.49. The number of sulfonamides is 1. The van der Waals surface area contributed by atoms with Crippen molar-refractivity contribution in [2.75, 3.05) is 12.3 Å². The van der Waals surface area contributed by atoms with Gasteiger partial charge in [-0.1, -0.05) is 19.3 Å². The van der Waals surface area contributed by atoms with Crippen molar-refractivity contribution in [1.29, 1.82) is 0 Å². The molecule has 7 heteroatoms. The molecule has 19 heavy (non-hydrogen) atoms. The first-order chi connectivity index (χ1) is 8.96. The summed E-state index contributed by atoms with van der Waals surface area (Å²) in [4.78, 5) is 13.8. The number of hydrogen-bond acceptors (Lipinski definition) is 3. The van der Waals surface area contributed by atoms with Crippen LogP contribution in [0.2, 0.25) is 0 Å². The highest BCUT2D eigenvalue weighted by Crippen LogP contribution is 2.21. The number of rotatable bonds is 3. The summed E-state index contributed by atoms with van der Waals surface area (Å²) in [6.45, 7) is 0.624. The Morgan fingerprint density at radius 1 is 1.16 bits per heavy atom. The van der Waals surface area contributed by atoms with E-state index in [4.69, 9.17) is 5.14 Å². The molecule has 1 saturated heterocycles. The summed E-state index contributed by atoms with van der Waals surface area (Å²) in [6, 6.07) is -0.145. The Kier molecular flexibility index (Phi) is 4.67. The zero-order valence-electron chi connectivity index (χ0n) is 11.2. The van der Waals surface area contributed by atoms with E-state index >= 15 is 0 Å². The van der Waals surface area contributed by atoms with Crippen LogP contribution in [-0.4, -0.2) is 43.7 Å². The van der Waals surface area contributed by atoms with Gasteiger partial charge in [-0.3, -0.25) is 0 Å². The zero-order valence-corrected chi connectivity index (χ0v) is 12.0. The molecule has 2 amide bonds. The average Bonchev–Trinajstić information content (AvgIpc) is 2.76. The molecule has 1 aliphatic carbocycles. The first kappa shape index (κ1) is 14.6. The number of hydrogen-bond donors (Lipinski definition) is 2. The molecule has 6 nitrogen and oxygen atoms in total. The Morgan fingerprint density at radius 2 is 1.84 bits per heavy atom. The minimum atomic E-state index is -3.53. The summed E-state index contributed by atoms with van der Waals surface area (Å²) in [7, 11) is -3.53. The van der Waals surface area contributed by atoms with E-state index in [1.54, 1.807) is 4.90 Å². The van der Waals surface area contributed by atoms with Crippen LogP contribution in [-0.2, 0) is 10.0 Å². The lowest BCUT2D eigenvalue weighted by Gasteiger charge is -2.29. The number of carbonyl (C=O) groups excluding carboxylic acids is 1. The summed E-state index contributed by atoms with van der Waals surface area (Å²) in [5.74, 6) is -0.134. The molecule has 0 aromatic carbocycles. The van der Waals surface area contributed by atoms with Crippen LogP contribution in [0.4, 0.5) is 4.79 Å². The first-order valence-electron chi connectivity index (χ1n) is 7.03. The minimum Gasteiger partial charge on any atom is -0.335 e. The fourth-order valence-corrected chi connectivity index (χ4v) is 3.93. The van der Waals surface area contributed by atoms with Crippen molar-refractivity contribution in [3.8, 4) is 0 Å². The molecule has 1 unspecified atom stereocenters. The van der Waals surface area contributed by atoms with Gasteiger partial charge in [0.15, 0.2) is 0 Å². The lowest BCUT2D eigenvalue weighted by atomic mass is 9.96. The highest BCUT2D eigenvalue weighted by molar-refractivity contribution is 7.89. The second-order valence-corrected chi connectivity index (χ2v) is 7.26. The molecule has 0 aromatic rings. The first-order valence-corrected chi connectivity index (χ1v) is 8.75. The molecule has 1 aliphatic heterocycles. The Balaban J connectivity index is 1.89. The third-order valence-electron chi connectivity index (χ3n) is 4.00. The number of likely N-dealkylation sites (tertiary alicyclic amines) is 1. The van der Waals surface area contributed by atoms with Crippen molar-refractivity contribution < 1.29 is 13.2 Å². The molecule has 0 radical (unpaired) electrons. The molecule has 2 rings (SSSR count). The monoisotopic (exact) mass is 289 g/mol. The third-order valence-corrected chi connectivity index (χ3v) is 4.84. The number of nitrogens with one attached hydrogen (secondary N) is 1. The molecule has 0 aromatic heterocycles. The van der Waals surface area contributed by atoms with E-state index in [-0.39, 0.29) is 23.9 Å². The third kappa shape index (κ3) is 4.35. The van der Waals surface area contributed by atoms with Crippen molar-refractivity contribution in [2.45, 2.75) is 57.0 Å². The van der Waals surface area contributed by atoms with Crippen LogP contribution in [0.3, 0.4) is 0 Å². The summed E-state index contributed by atoms with van der Waals surface area (Å²) < 4.78 is 22.3. The largest absolute Gasteiger partial charge is 0.335 e. The fraction of sp³-hybridized carbons (Fsp3) is 0.917. The molecule has 1 saturated carbocycles. The van der Waals surface area contributed by atoms with Gasteiger partial charge in [-0.05, 0) is 25.7 Å². The predicted molar refractivity (Wildman–Crippen MR) is 73.1 cm³/mol. The molecule has 0 bridgehead atoms. The second kappa shape index (κ2) is 6.09. The van der Waals surface area contributed by atoms with Gasteiger partial charge in [0.1, 0.15) is 0 Å². The van der Waals surface area contributed by atoms with Crippen LogP contribution in [0, 0.1) is 0 Å². The number of primary sulfonamides is 1. The summed E-state index contributed by atoms with van der Waals surface area (Å²) >= 11 is 0. The summed E-state index contributed by atoms with van der Waals surface area (Å²) in [5.41, 5.74) is 0. The second-order valence-electron chi connectivity index (χ2n) is 5.60. The molecule has 1 atom stereocenters. The SMILES string of the molecule is NS(=O)(=O)CC1CCCN1C(=O)NC1CCCCC1. The van der Waals surface area contributed by atoms with Crippen molar-refractivity contribution in [3.63, 3.8) is 0 Å². The van der Waals surface area contributed by atoms with E-state index in [9.17, 15) is 13.2 Å². The van der Waals surface area contributed by atoms with Crippen molar-refractivity contribution >= 4 is 16.1 Å². The van der Waals surface area contributed by atoms with E-state index < -0.39 is 10.0 Å². The van der Waals surface area contributed by atoms with Crippen LogP contribution in [0.1, 0.15) is 44.9 Å². The maximum absolute atomic E-state index is 12.2. The number of nitrogens with zero attached hydrogens (tertiary/aromatic N) is 1. The molecular weight excluding hydrogens is 266 g/mol. The molecule has 2 aliphatic rings. The zero-order chi connectivity index (χ0) is 13.9. The predicted octanol–water partition coefficient (Wildman–Crippen LogP) is 0.782. The van der Waals surface area contributed by atoms with Crippen molar-refractivity contribution in [2.24, 2.45) is 5.14 Å². The Hall–Kier alpha value is -0.820. The minimum absolute atomic E-state index is 0.127. The fourth-order valence-electron chi connectivity index (χ4n) is 3.05. The van der Waals surface area contributed by atoms with Crippen LogP contribution >= 0.6 is 0 Å². The average molecular weight is 289 g/mol. The van der Waals surface area contributed by atoms with Gasteiger partial charge in [0.25, 0.3) is 0 Å². The number of nitrogens with two attached hydrogens (primary N) is 1.